The van der Waals surface area contributed by atoms with Crippen LogP contribution in [-0.2, 0) is 11.8 Å². The molecule has 9 nitrogen and oxygen atoms in total. The number of benzene rings is 1. The Morgan fingerprint density at radius 2 is 2.07 bits per heavy atom. The third-order valence-corrected chi connectivity index (χ3v) is 4.50. The Kier molecular flexibility index (Phi) is 6.49. The van der Waals surface area contributed by atoms with Gasteiger partial charge < -0.3 is 25.4 Å². The SMILES string of the molecule is CN=C(NCCNC(=O)c1ccc(O)cc1)N1CCOC(c2cnn(C)c2)C1. The van der Waals surface area contributed by atoms with Crippen molar-refractivity contribution in [2.45, 2.75) is 6.10 Å². The number of guanidine groups is 1. The molecule has 150 valence electrons. The van der Waals surface area contributed by atoms with Crippen LogP contribution in [0.5, 0.6) is 5.75 Å². The zero-order valence-electron chi connectivity index (χ0n) is 16.1. The quantitative estimate of drug-likeness (QED) is 0.393. The average molecular weight is 386 g/mol. The lowest BCUT2D eigenvalue weighted by Gasteiger charge is -2.34. The van der Waals surface area contributed by atoms with Gasteiger partial charge in [0.1, 0.15) is 11.9 Å². The fraction of sp³-hybridized carbons (Fsp3) is 0.421. The molecule has 1 fully saturated rings. The molecule has 1 aliphatic rings. The van der Waals surface area contributed by atoms with Crippen LogP contribution < -0.4 is 10.6 Å². The number of aromatic nitrogens is 2. The van der Waals surface area contributed by atoms with Crippen LogP contribution in [0.4, 0.5) is 0 Å². The summed E-state index contributed by atoms with van der Waals surface area (Å²) in [6.45, 7) is 3.04. The average Bonchev–Trinajstić information content (AvgIpc) is 3.15. The van der Waals surface area contributed by atoms with Gasteiger partial charge in [0.05, 0.1) is 19.3 Å². The topological polar surface area (TPSA) is 104 Å². The van der Waals surface area contributed by atoms with E-state index in [1.54, 1.807) is 23.9 Å². The minimum absolute atomic E-state index is 0.0461. The van der Waals surface area contributed by atoms with E-state index in [0.29, 0.717) is 31.8 Å². The first-order chi connectivity index (χ1) is 13.6. The highest BCUT2D eigenvalue weighted by Crippen LogP contribution is 2.21. The van der Waals surface area contributed by atoms with Crippen LogP contribution in [0.25, 0.3) is 0 Å². The second kappa shape index (κ2) is 9.23. The lowest BCUT2D eigenvalue weighted by atomic mass is 10.1. The Hall–Kier alpha value is -3.07. The van der Waals surface area contributed by atoms with Crippen molar-refractivity contribution in [1.82, 2.24) is 25.3 Å². The number of carbonyl (C=O) groups is 1. The summed E-state index contributed by atoms with van der Waals surface area (Å²) in [7, 11) is 3.63. The van der Waals surface area contributed by atoms with Gasteiger partial charge in [0.25, 0.3) is 5.91 Å². The van der Waals surface area contributed by atoms with E-state index in [4.69, 9.17) is 4.74 Å². The number of phenols is 1. The standard InChI is InChI=1S/C19H26N6O3/c1-20-19(22-8-7-21-18(27)14-3-5-16(26)6-4-14)25-9-10-28-17(13-25)15-11-23-24(2)12-15/h3-6,11-12,17,26H,7-10,13H2,1-2H3,(H,20,22)(H,21,27). The molecule has 28 heavy (non-hydrogen) atoms. The third-order valence-electron chi connectivity index (χ3n) is 4.50. The molecule has 1 unspecified atom stereocenters. The largest absolute Gasteiger partial charge is 0.508 e. The third kappa shape index (κ3) is 5.01. The van der Waals surface area contributed by atoms with Crippen molar-refractivity contribution >= 4 is 11.9 Å². The summed E-state index contributed by atoms with van der Waals surface area (Å²) in [5, 5.41) is 19.6. The van der Waals surface area contributed by atoms with Crippen LogP contribution >= 0.6 is 0 Å². The molecule has 1 amide bonds. The molecule has 1 atom stereocenters. The van der Waals surface area contributed by atoms with E-state index < -0.39 is 0 Å². The van der Waals surface area contributed by atoms with E-state index in [1.165, 1.54) is 12.1 Å². The van der Waals surface area contributed by atoms with Gasteiger partial charge in [-0.3, -0.25) is 14.5 Å². The van der Waals surface area contributed by atoms with Crippen LogP contribution in [0, 0.1) is 0 Å². The van der Waals surface area contributed by atoms with Gasteiger partial charge >= 0.3 is 0 Å². The Bertz CT molecular complexity index is 817. The van der Waals surface area contributed by atoms with Crippen LogP contribution in [0.2, 0.25) is 0 Å². The highest BCUT2D eigenvalue weighted by molar-refractivity contribution is 5.94. The molecule has 3 N–H and O–H groups in total. The smallest absolute Gasteiger partial charge is 0.251 e. The first-order valence-corrected chi connectivity index (χ1v) is 9.20. The minimum atomic E-state index is -0.181. The van der Waals surface area contributed by atoms with Gasteiger partial charge in [-0.15, -0.1) is 0 Å². The number of hydrogen-bond donors (Lipinski definition) is 3. The lowest BCUT2D eigenvalue weighted by molar-refractivity contribution is -0.00800. The molecule has 0 saturated carbocycles. The molecule has 1 aromatic carbocycles. The van der Waals surface area contributed by atoms with Crippen LogP contribution in [0.3, 0.4) is 0 Å². The number of morpholine rings is 1. The molecular formula is C19H26N6O3. The van der Waals surface area contributed by atoms with Gasteiger partial charge in [0.15, 0.2) is 5.96 Å². The second-order valence-corrected chi connectivity index (χ2v) is 6.53. The number of amides is 1. The monoisotopic (exact) mass is 386 g/mol. The summed E-state index contributed by atoms with van der Waals surface area (Å²) < 4.78 is 7.63. The number of hydrogen-bond acceptors (Lipinski definition) is 5. The Balaban J connectivity index is 1.46. The number of aromatic hydroxyl groups is 1. The Morgan fingerprint density at radius 1 is 1.32 bits per heavy atom. The van der Waals surface area contributed by atoms with Crippen LogP contribution in [-0.4, -0.2) is 71.5 Å². The maximum absolute atomic E-state index is 12.1. The normalized spacial score (nSPS) is 17.4. The Labute approximate surface area is 164 Å². The first-order valence-electron chi connectivity index (χ1n) is 9.20. The van der Waals surface area contributed by atoms with Crippen molar-refractivity contribution in [2.24, 2.45) is 12.0 Å². The molecular weight excluding hydrogens is 360 g/mol. The van der Waals surface area contributed by atoms with Gasteiger partial charge in [-0.2, -0.15) is 5.10 Å². The molecule has 3 rings (SSSR count). The number of aliphatic imine (C=N–C) groups is 1. The molecule has 2 aromatic rings. The van der Waals surface area contributed by atoms with Gasteiger partial charge in [-0.25, -0.2) is 0 Å². The second-order valence-electron chi connectivity index (χ2n) is 6.53. The fourth-order valence-electron chi connectivity index (χ4n) is 3.05. The Morgan fingerprint density at radius 3 is 2.75 bits per heavy atom. The van der Waals surface area contributed by atoms with Crippen molar-refractivity contribution in [2.75, 3.05) is 39.8 Å². The molecule has 1 saturated heterocycles. The summed E-state index contributed by atoms with van der Waals surface area (Å²) in [6, 6.07) is 6.16. The molecule has 1 aliphatic heterocycles. The van der Waals surface area contributed by atoms with Crippen molar-refractivity contribution in [3.63, 3.8) is 0 Å². The molecule has 2 heterocycles. The first kappa shape index (κ1) is 19.7. The van der Waals surface area contributed by atoms with E-state index in [9.17, 15) is 9.90 Å². The summed E-state index contributed by atoms with van der Waals surface area (Å²) >= 11 is 0. The zero-order chi connectivity index (χ0) is 19.9. The van der Waals surface area contributed by atoms with Gasteiger partial charge in [0, 0.05) is 51.1 Å². The molecule has 0 bridgehead atoms. The van der Waals surface area contributed by atoms with E-state index in [0.717, 1.165) is 18.1 Å². The maximum atomic E-state index is 12.1. The molecule has 0 radical (unpaired) electrons. The van der Waals surface area contributed by atoms with E-state index >= 15 is 0 Å². The number of phenolic OH excluding ortho intramolecular Hbond substituents is 1. The molecule has 0 spiro atoms. The molecule has 1 aromatic heterocycles. The van der Waals surface area contributed by atoms with Gasteiger partial charge in [-0.1, -0.05) is 0 Å². The van der Waals surface area contributed by atoms with Crippen molar-refractivity contribution in [3.8, 4) is 5.75 Å². The van der Waals surface area contributed by atoms with E-state index in [-0.39, 0.29) is 17.8 Å². The van der Waals surface area contributed by atoms with Crippen molar-refractivity contribution in [1.29, 1.82) is 0 Å². The van der Waals surface area contributed by atoms with Crippen LogP contribution in [0.15, 0.2) is 41.7 Å². The molecule has 0 aliphatic carbocycles. The number of nitrogens with one attached hydrogen (secondary N) is 2. The number of ether oxygens (including phenoxy) is 1. The summed E-state index contributed by atoms with van der Waals surface area (Å²) in [5.41, 5.74) is 1.55. The minimum Gasteiger partial charge on any atom is -0.508 e. The van der Waals surface area contributed by atoms with Gasteiger partial charge in [0.2, 0.25) is 0 Å². The number of rotatable bonds is 5. The number of nitrogens with zero attached hydrogens (tertiary/aromatic N) is 4. The van der Waals surface area contributed by atoms with Crippen molar-refractivity contribution < 1.29 is 14.6 Å². The van der Waals surface area contributed by atoms with Gasteiger partial charge in [-0.05, 0) is 24.3 Å². The summed E-state index contributed by atoms with van der Waals surface area (Å²) in [5.74, 6) is 0.730. The fourth-order valence-corrected chi connectivity index (χ4v) is 3.05. The highest BCUT2D eigenvalue weighted by atomic mass is 16.5. The highest BCUT2D eigenvalue weighted by Gasteiger charge is 2.25. The van der Waals surface area contributed by atoms with Crippen LogP contribution in [0.1, 0.15) is 22.0 Å². The van der Waals surface area contributed by atoms with E-state index in [1.807, 2.05) is 19.4 Å². The maximum Gasteiger partial charge on any atom is 0.251 e. The van der Waals surface area contributed by atoms with E-state index in [2.05, 4.69) is 25.6 Å². The summed E-state index contributed by atoms with van der Waals surface area (Å²) in [6.07, 6.45) is 3.74. The predicted octanol–water partition coefficient (Wildman–Crippen LogP) is 0.504. The lowest BCUT2D eigenvalue weighted by Crippen LogP contribution is -2.49. The van der Waals surface area contributed by atoms with Crippen molar-refractivity contribution in [3.05, 3.63) is 47.8 Å². The number of aryl methyl sites for hydroxylation is 1. The number of carbonyl (C=O) groups excluding carboxylic acids is 1. The predicted molar refractivity (Wildman–Crippen MR) is 105 cm³/mol. The molecule has 9 heteroatoms. The zero-order valence-corrected chi connectivity index (χ0v) is 16.1. The summed E-state index contributed by atoms with van der Waals surface area (Å²) in [4.78, 5) is 18.6.